The van der Waals surface area contributed by atoms with Crippen LogP contribution >= 0.6 is 0 Å². The van der Waals surface area contributed by atoms with E-state index >= 15 is 0 Å². The van der Waals surface area contributed by atoms with Gasteiger partial charge in [-0.3, -0.25) is 4.90 Å². The molecule has 1 unspecified atom stereocenters. The predicted molar refractivity (Wildman–Crippen MR) is 88.5 cm³/mol. The molecule has 0 radical (unpaired) electrons. The van der Waals surface area contributed by atoms with Gasteiger partial charge in [0.05, 0.1) is 13.2 Å². The summed E-state index contributed by atoms with van der Waals surface area (Å²) in [7, 11) is 1.68. The van der Waals surface area contributed by atoms with Crippen molar-refractivity contribution in [2.45, 2.75) is 58.2 Å². The van der Waals surface area contributed by atoms with Gasteiger partial charge in [0.2, 0.25) is 0 Å². The van der Waals surface area contributed by atoms with Gasteiger partial charge >= 0.3 is 0 Å². The zero-order chi connectivity index (χ0) is 15.9. The lowest BCUT2D eigenvalue weighted by Crippen LogP contribution is -2.29. The van der Waals surface area contributed by atoms with Gasteiger partial charge in [0.15, 0.2) is 0 Å². The summed E-state index contributed by atoms with van der Waals surface area (Å²) in [6.07, 6.45) is 4.59. The Hall–Kier alpha value is -1.26. The lowest BCUT2D eigenvalue weighted by atomic mass is 10.1. The summed E-state index contributed by atoms with van der Waals surface area (Å²) in [5.41, 5.74) is 1.21. The summed E-state index contributed by atoms with van der Waals surface area (Å²) < 4.78 is 11.3. The molecule has 0 aliphatic carbocycles. The molecular formula is C18H29NO3. The van der Waals surface area contributed by atoms with Crippen LogP contribution in [0, 0.1) is 0 Å². The van der Waals surface area contributed by atoms with Crippen LogP contribution < -0.4 is 9.47 Å². The molecule has 0 amide bonds. The molecule has 1 saturated heterocycles. The molecule has 1 aliphatic heterocycles. The van der Waals surface area contributed by atoms with Crippen LogP contribution in [0.5, 0.6) is 11.5 Å². The van der Waals surface area contributed by atoms with E-state index in [-0.39, 0.29) is 12.7 Å². The first-order chi connectivity index (χ1) is 10.6. The van der Waals surface area contributed by atoms with Gasteiger partial charge in [-0.1, -0.05) is 6.07 Å². The second-order valence-corrected chi connectivity index (χ2v) is 6.27. The maximum Gasteiger partial charge on any atom is 0.127 e. The maximum absolute atomic E-state index is 9.05. The molecule has 0 aromatic heterocycles. The monoisotopic (exact) mass is 307 g/mol. The standard InChI is InChI=1S/C18H29NO3/c1-14(2)22-18-12-17(21-3)9-8-15(18)13-19-10-4-6-16(19)7-5-11-20/h8-9,12,14,16,20H,4-7,10-11,13H2,1-3H3. The Morgan fingerprint density at radius 1 is 1.36 bits per heavy atom. The Morgan fingerprint density at radius 2 is 2.18 bits per heavy atom. The lowest BCUT2D eigenvalue weighted by molar-refractivity contribution is 0.200. The smallest absolute Gasteiger partial charge is 0.127 e. The summed E-state index contributed by atoms with van der Waals surface area (Å²) in [4.78, 5) is 2.52. The second kappa shape index (κ2) is 8.39. The third kappa shape index (κ3) is 4.62. The molecular weight excluding hydrogens is 278 g/mol. The maximum atomic E-state index is 9.05. The number of benzene rings is 1. The number of aliphatic hydroxyl groups excluding tert-OH is 1. The Kier molecular flexibility index (Phi) is 6.52. The molecule has 2 rings (SSSR count). The molecule has 1 heterocycles. The van der Waals surface area contributed by atoms with E-state index in [1.807, 2.05) is 26.0 Å². The van der Waals surface area contributed by atoms with Crippen LogP contribution in [0.2, 0.25) is 0 Å². The highest BCUT2D eigenvalue weighted by atomic mass is 16.5. The minimum absolute atomic E-state index is 0.148. The summed E-state index contributed by atoms with van der Waals surface area (Å²) in [6.45, 7) is 6.41. The largest absolute Gasteiger partial charge is 0.497 e. The van der Waals surface area contributed by atoms with Crippen molar-refractivity contribution in [1.82, 2.24) is 4.90 Å². The SMILES string of the molecule is COc1ccc(CN2CCCC2CCCO)c(OC(C)C)c1. The molecule has 1 aliphatic rings. The van der Waals surface area contributed by atoms with Gasteiger partial charge in [-0.25, -0.2) is 0 Å². The van der Waals surface area contributed by atoms with Gasteiger partial charge in [0, 0.05) is 30.8 Å². The molecule has 1 N–H and O–H groups in total. The third-order valence-electron chi connectivity index (χ3n) is 4.20. The van der Waals surface area contributed by atoms with Crippen molar-refractivity contribution in [3.8, 4) is 11.5 Å². The summed E-state index contributed by atoms with van der Waals surface area (Å²) in [6, 6.07) is 6.68. The zero-order valence-corrected chi connectivity index (χ0v) is 14.0. The van der Waals surface area contributed by atoms with E-state index in [9.17, 15) is 0 Å². The molecule has 0 spiro atoms. The summed E-state index contributed by atoms with van der Waals surface area (Å²) in [5.74, 6) is 1.75. The van der Waals surface area contributed by atoms with Crippen molar-refractivity contribution in [2.75, 3.05) is 20.3 Å². The number of hydrogen-bond acceptors (Lipinski definition) is 4. The van der Waals surface area contributed by atoms with E-state index in [0.717, 1.165) is 37.4 Å². The third-order valence-corrected chi connectivity index (χ3v) is 4.20. The molecule has 0 bridgehead atoms. The van der Waals surface area contributed by atoms with E-state index in [0.29, 0.717) is 6.04 Å². The number of rotatable bonds is 8. The van der Waals surface area contributed by atoms with E-state index in [1.165, 1.54) is 18.4 Å². The van der Waals surface area contributed by atoms with E-state index < -0.39 is 0 Å². The average molecular weight is 307 g/mol. The molecule has 4 heteroatoms. The number of ether oxygens (including phenoxy) is 2. The van der Waals surface area contributed by atoms with Crippen LogP contribution in [0.4, 0.5) is 0 Å². The molecule has 1 atom stereocenters. The first-order valence-electron chi connectivity index (χ1n) is 8.32. The fourth-order valence-electron chi connectivity index (χ4n) is 3.13. The van der Waals surface area contributed by atoms with Crippen LogP contribution in [0.15, 0.2) is 18.2 Å². The molecule has 0 saturated carbocycles. The van der Waals surface area contributed by atoms with Crippen molar-refractivity contribution >= 4 is 0 Å². The Balaban J connectivity index is 2.10. The van der Waals surface area contributed by atoms with Gasteiger partial charge in [-0.2, -0.15) is 0 Å². The van der Waals surface area contributed by atoms with Crippen molar-refractivity contribution in [2.24, 2.45) is 0 Å². The highest BCUT2D eigenvalue weighted by molar-refractivity contribution is 5.41. The van der Waals surface area contributed by atoms with Gasteiger partial charge in [0.1, 0.15) is 11.5 Å². The van der Waals surface area contributed by atoms with E-state index in [1.54, 1.807) is 7.11 Å². The van der Waals surface area contributed by atoms with Crippen molar-refractivity contribution in [1.29, 1.82) is 0 Å². The number of hydrogen-bond donors (Lipinski definition) is 1. The summed E-state index contributed by atoms with van der Waals surface area (Å²) >= 11 is 0. The minimum atomic E-state index is 0.148. The Labute approximate surface area is 134 Å². The highest BCUT2D eigenvalue weighted by Gasteiger charge is 2.25. The highest BCUT2D eigenvalue weighted by Crippen LogP contribution is 2.30. The predicted octanol–water partition coefficient (Wildman–Crippen LogP) is 3.22. The van der Waals surface area contributed by atoms with Gasteiger partial charge in [-0.05, 0) is 52.1 Å². The molecule has 1 fully saturated rings. The fraction of sp³-hybridized carbons (Fsp3) is 0.667. The lowest BCUT2D eigenvalue weighted by Gasteiger charge is -2.26. The van der Waals surface area contributed by atoms with E-state index in [4.69, 9.17) is 14.6 Å². The number of methoxy groups -OCH3 is 1. The molecule has 1 aromatic carbocycles. The number of aliphatic hydroxyl groups is 1. The van der Waals surface area contributed by atoms with E-state index in [2.05, 4.69) is 11.0 Å². The zero-order valence-electron chi connectivity index (χ0n) is 14.0. The number of nitrogens with zero attached hydrogens (tertiary/aromatic N) is 1. The van der Waals surface area contributed by atoms with Gasteiger partial charge in [-0.15, -0.1) is 0 Å². The van der Waals surface area contributed by atoms with Crippen LogP contribution in [0.25, 0.3) is 0 Å². The van der Waals surface area contributed by atoms with Gasteiger partial charge < -0.3 is 14.6 Å². The van der Waals surface area contributed by atoms with Crippen molar-refractivity contribution in [3.63, 3.8) is 0 Å². The first kappa shape index (κ1) is 17.1. The Bertz CT molecular complexity index is 462. The van der Waals surface area contributed by atoms with Crippen LogP contribution in [-0.2, 0) is 6.54 Å². The topological polar surface area (TPSA) is 41.9 Å². The van der Waals surface area contributed by atoms with Crippen LogP contribution in [-0.4, -0.2) is 42.4 Å². The average Bonchev–Trinajstić information content (AvgIpc) is 2.93. The normalized spacial score (nSPS) is 18.9. The molecule has 4 nitrogen and oxygen atoms in total. The minimum Gasteiger partial charge on any atom is -0.497 e. The van der Waals surface area contributed by atoms with Gasteiger partial charge in [0.25, 0.3) is 0 Å². The number of likely N-dealkylation sites (tertiary alicyclic amines) is 1. The van der Waals surface area contributed by atoms with Crippen LogP contribution in [0.3, 0.4) is 0 Å². The summed E-state index contributed by atoms with van der Waals surface area (Å²) in [5, 5.41) is 9.05. The molecule has 1 aromatic rings. The molecule has 22 heavy (non-hydrogen) atoms. The fourth-order valence-corrected chi connectivity index (χ4v) is 3.13. The molecule has 124 valence electrons. The first-order valence-corrected chi connectivity index (χ1v) is 8.32. The van der Waals surface area contributed by atoms with Crippen molar-refractivity contribution in [3.05, 3.63) is 23.8 Å². The quantitative estimate of drug-likeness (QED) is 0.801. The Morgan fingerprint density at radius 3 is 2.86 bits per heavy atom. The van der Waals surface area contributed by atoms with Crippen LogP contribution in [0.1, 0.15) is 45.1 Å². The van der Waals surface area contributed by atoms with Crippen molar-refractivity contribution < 1.29 is 14.6 Å². The second-order valence-electron chi connectivity index (χ2n) is 6.27.